The van der Waals surface area contributed by atoms with E-state index in [9.17, 15) is 0 Å². The zero-order valence-corrected chi connectivity index (χ0v) is 15.7. The maximum atomic E-state index is 4.54. The Morgan fingerprint density at radius 1 is 1.33 bits per heavy atom. The minimum absolute atomic E-state index is 0.483. The van der Waals surface area contributed by atoms with Gasteiger partial charge in [0.25, 0.3) is 0 Å². The molecule has 0 saturated carbocycles. The van der Waals surface area contributed by atoms with Crippen LogP contribution in [0.3, 0.4) is 0 Å². The summed E-state index contributed by atoms with van der Waals surface area (Å²) in [7, 11) is 1.91. The van der Waals surface area contributed by atoms with Gasteiger partial charge in [-0.25, -0.2) is 0 Å². The van der Waals surface area contributed by atoms with Crippen molar-refractivity contribution in [3.05, 3.63) is 11.6 Å². The van der Waals surface area contributed by atoms with Gasteiger partial charge in [0.05, 0.1) is 0 Å². The van der Waals surface area contributed by atoms with Crippen LogP contribution < -0.4 is 5.32 Å². The lowest BCUT2D eigenvalue weighted by Crippen LogP contribution is -2.44. The zero-order valence-electron chi connectivity index (χ0n) is 15.7. The van der Waals surface area contributed by atoms with Crippen LogP contribution in [0.5, 0.6) is 0 Å². The van der Waals surface area contributed by atoms with Gasteiger partial charge in [0.1, 0.15) is 11.6 Å². The van der Waals surface area contributed by atoms with Crippen LogP contribution in [0.4, 0.5) is 0 Å². The highest BCUT2D eigenvalue weighted by Crippen LogP contribution is 2.36. The van der Waals surface area contributed by atoms with E-state index in [1.807, 2.05) is 14.0 Å². The SMILES string of the molecule is CCC1(CC)CCN(C(=NC)NCC2CCc3nnc(C)n3C2)C1. The third-order valence-electron chi connectivity index (χ3n) is 6.23. The number of aryl methyl sites for hydroxylation is 2. The van der Waals surface area contributed by atoms with Gasteiger partial charge in [-0.05, 0) is 43.9 Å². The molecule has 2 aliphatic heterocycles. The molecule has 0 amide bonds. The summed E-state index contributed by atoms with van der Waals surface area (Å²) >= 11 is 0. The predicted molar refractivity (Wildman–Crippen MR) is 97.1 cm³/mol. The smallest absolute Gasteiger partial charge is 0.193 e. The first kappa shape index (κ1) is 17.2. The van der Waals surface area contributed by atoms with Crippen molar-refractivity contribution in [1.29, 1.82) is 0 Å². The highest BCUT2D eigenvalue weighted by Gasteiger charge is 2.36. The number of likely N-dealkylation sites (tertiary alicyclic amines) is 1. The molecular formula is C18H32N6. The molecule has 6 nitrogen and oxygen atoms in total. The molecule has 134 valence electrons. The number of rotatable bonds is 4. The second-order valence-corrected chi connectivity index (χ2v) is 7.49. The number of nitrogens with one attached hydrogen (secondary N) is 1. The first-order valence-corrected chi connectivity index (χ1v) is 9.45. The van der Waals surface area contributed by atoms with E-state index < -0.39 is 0 Å². The average molecular weight is 332 g/mol. The van der Waals surface area contributed by atoms with Crippen molar-refractivity contribution in [2.24, 2.45) is 16.3 Å². The quantitative estimate of drug-likeness (QED) is 0.678. The van der Waals surface area contributed by atoms with Gasteiger partial charge in [-0.15, -0.1) is 10.2 Å². The van der Waals surface area contributed by atoms with Gasteiger partial charge in [-0.2, -0.15) is 0 Å². The molecule has 0 aromatic carbocycles. The molecular weight excluding hydrogens is 300 g/mol. The van der Waals surface area contributed by atoms with Crippen LogP contribution in [0.25, 0.3) is 0 Å². The van der Waals surface area contributed by atoms with E-state index in [-0.39, 0.29) is 0 Å². The molecule has 1 atom stereocenters. The second-order valence-electron chi connectivity index (χ2n) is 7.49. The molecule has 24 heavy (non-hydrogen) atoms. The summed E-state index contributed by atoms with van der Waals surface area (Å²) in [5, 5.41) is 12.1. The van der Waals surface area contributed by atoms with Crippen molar-refractivity contribution in [2.45, 2.75) is 59.4 Å². The molecule has 0 spiro atoms. The van der Waals surface area contributed by atoms with Crippen molar-refractivity contribution in [3.8, 4) is 0 Å². The molecule has 3 rings (SSSR count). The fourth-order valence-electron chi connectivity index (χ4n) is 4.21. The third kappa shape index (κ3) is 3.28. The Hall–Kier alpha value is -1.59. The first-order chi connectivity index (χ1) is 11.6. The molecule has 0 radical (unpaired) electrons. The maximum absolute atomic E-state index is 4.54. The highest BCUT2D eigenvalue weighted by molar-refractivity contribution is 5.80. The Kier molecular flexibility index (Phi) is 5.11. The van der Waals surface area contributed by atoms with E-state index in [0.29, 0.717) is 11.3 Å². The monoisotopic (exact) mass is 332 g/mol. The lowest BCUT2D eigenvalue weighted by molar-refractivity contribution is 0.275. The lowest BCUT2D eigenvalue weighted by atomic mass is 9.82. The summed E-state index contributed by atoms with van der Waals surface area (Å²) in [6.07, 6.45) is 6.01. The zero-order chi connectivity index (χ0) is 17.2. The van der Waals surface area contributed by atoms with Gasteiger partial charge in [0, 0.05) is 39.6 Å². The van der Waals surface area contributed by atoms with Crippen LogP contribution in [0.15, 0.2) is 4.99 Å². The summed E-state index contributed by atoms with van der Waals surface area (Å²) in [4.78, 5) is 6.99. The number of hydrogen-bond acceptors (Lipinski definition) is 3. The Balaban J connectivity index is 1.55. The van der Waals surface area contributed by atoms with Crippen LogP contribution in [0.2, 0.25) is 0 Å². The molecule has 1 saturated heterocycles. The van der Waals surface area contributed by atoms with Crippen LogP contribution in [0, 0.1) is 18.3 Å². The number of fused-ring (bicyclic) bond motifs is 1. The van der Waals surface area contributed by atoms with Crippen molar-refractivity contribution >= 4 is 5.96 Å². The van der Waals surface area contributed by atoms with Crippen LogP contribution in [-0.2, 0) is 13.0 Å². The minimum Gasteiger partial charge on any atom is -0.356 e. The van der Waals surface area contributed by atoms with E-state index in [2.05, 4.69) is 43.8 Å². The highest BCUT2D eigenvalue weighted by atomic mass is 15.3. The Labute approximate surface area is 145 Å². The van der Waals surface area contributed by atoms with Gasteiger partial charge < -0.3 is 14.8 Å². The summed E-state index contributed by atoms with van der Waals surface area (Å²) in [6, 6.07) is 0. The van der Waals surface area contributed by atoms with Gasteiger partial charge in [0.2, 0.25) is 0 Å². The average Bonchev–Trinajstić information content (AvgIpc) is 3.21. The number of hydrogen-bond donors (Lipinski definition) is 1. The van der Waals surface area contributed by atoms with Crippen molar-refractivity contribution in [2.75, 3.05) is 26.7 Å². The fourth-order valence-corrected chi connectivity index (χ4v) is 4.21. The number of nitrogens with zero attached hydrogens (tertiary/aromatic N) is 5. The lowest BCUT2D eigenvalue weighted by Gasteiger charge is -2.29. The van der Waals surface area contributed by atoms with E-state index in [4.69, 9.17) is 0 Å². The van der Waals surface area contributed by atoms with Crippen molar-refractivity contribution in [1.82, 2.24) is 25.0 Å². The van der Waals surface area contributed by atoms with E-state index >= 15 is 0 Å². The predicted octanol–water partition coefficient (Wildman–Crippen LogP) is 2.24. The standard InChI is InChI=1S/C18H32N6/c1-5-18(6-2)9-10-23(13-18)17(19-4)20-11-15-7-8-16-22-21-14(3)24(16)12-15/h15H,5-13H2,1-4H3,(H,19,20). The summed E-state index contributed by atoms with van der Waals surface area (Å²) < 4.78 is 2.27. The van der Waals surface area contributed by atoms with Gasteiger partial charge in [-0.1, -0.05) is 13.8 Å². The minimum atomic E-state index is 0.483. The van der Waals surface area contributed by atoms with Crippen molar-refractivity contribution < 1.29 is 0 Å². The Morgan fingerprint density at radius 2 is 2.12 bits per heavy atom. The largest absolute Gasteiger partial charge is 0.356 e. The molecule has 0 aliphatic carbocycles. The van der Waals surface area contributed by atoms with Crippen LogP contribution in [0.1, 0.15) is 51.2 Å². The number of aliphatic imine (C=N–C) groups is 1. The molecule has 2 aliphatic rings. The molecule has 0 bridgehead atoms. The molecule has 1 aromatic heterocycles. The maximum Gasteiger partial charge on any atom is 0.193 e. The molecule has 1 aromatic rings. The van der Waals surface area contributed by atoms with Crippen molar-refractivity contribution in [3.63, 3.8) is 0 Å². The van der Waals surface area contributed by atoms with Gasteiger partial charge >= 0.3 is 0 Å². The summed E-state index contributed by atoms with van der Waals surface area (Å²) in [5.41, 5.74) is 0.483. The Bertz CT molecular complexity index is 586. The topological polar surface area (TPSA) is 58.3 Å². The second kappa shape index (κ2) is 7.11. The van der Waals surface area contributed by atoms with Gasteiger partial charge in [-0.3, -0.25) is 4.99 Å². The molecule has 1 fully saturated rings. The summed E-state index contributed by atoms with van der Waals surface area (Å²) in [6.45, 7) is 11.0. The fraction of sp³-hybridized carbons (Fsp3) is 0.833. The molecule has 1 N–H and O–H groups in total. The van der Waals surface area contributed by atoms with E-state index in [1.54, 1.807) is 0 Å². The molecule has 1 unspecified atom stereocenters. The van der Waals surface area contributed by atoms with E-state index in [1.165, 1.54) is 25.7 Å². The molecule has 6 heteroatoms. The third-order valence-corrected chi connectivity index (χ3v) is 6.23. The van der Waals surface area contributed by atoms with Gasteiger partial charge in [0.15, 0.2) is 5.96 Å². The molecule has 3 heterocycles. The van der Waals surface area contributed by atoms with E-state index in [0.717, 1.165) is 50.2 Å². The van der Waals surface area contributed by atoms with Crippen LogP contribution >= 0.6 is 0 Å². The first-order valence-electron chi connectivity index (χ1n) is 9.45. The Morgan fingerprint density at radius 3 is 2.79 bits per heavy atom. The number of aromatic nitrogens is 3. The number of guanidine groups is 1. The summed E-state index contributed by atoms with van der Waals surface area (Å²) in [5.74, 6) is 3.87. The van der Waals surface area contributed by atoms with Crippen LogP contribution in [-0.4, -0.2) is 52.3 Å². The normalized spacial score (nSPS) is 23.4.